The number of benzene rings is 2. The van der Waals surface area contributed by atoms with Crippen LogP contribution in [0.2, 0.25) is 5.02 Å². The van der Waals surface area contributed by atoms with Crippen LogP contribution in [0.5, 0.6) is 5.75 Å². The van der Waals surface area contributed by atoms with Crippen LogP contribution in [0.4, 0.5) is 5.69 Å². The average molecular weight is 387 g/mol. The molecule has 0 heterocycles. The normalized spacial score (nSPS) is 10.8. The number of carbonyl (C=O) groups excluding carboxylic acids is 2. The van der Waals surface area contributed by atoms with Crippen molar-refractivity contribution in [2.24, 2.45) is 5.41 Å². The number of halogens is 1. The molecule has 27 heavy (non-hydrogen) atoms. The Morgan fingerprint density at radius 3 is 2.30 bits per heavy atom. The first-order valence-corrected chi connectivity index (χ1v) is 8.88. The van der Waals surface area contributed by atoms with Gasteiger partial charge in [-0.25, -0.2) is 0 Å². The Kier molecular flexibility index (Phi) is 7.02. The number of anilines is 1. The highest BCUT2D eigenvalue weighted by Crippen LogP contribution is 2.22. The van der Waals surface area contributed by atoms with E-state index in [1.54, 1.807) is 44.2 Å². The van der Waals surface area contributed by atoms with E-state index in [9.17, 15) is 9.59 Å². The van der Waals surface area contributed by atoms with Crippen LogP contribution in [-0.2, 0) is 16.2 Å². The van der Waals surface area contributed by atoms with Gasteiger partial charge in [0, 0.05) is 17.3 Å². The first-order valence-electron chi connectivity index (χ1n) is 8.51. The molecule has 0 aliphatic carbocycles. The molecular weight excluding hydrogens is 364 g/mol. The number of nitrogens with one attached hydrogen (secondary N) is 2. The SMILES string of the molecule is C=CCNC(=O)C(C)(C)C(=O)Nc1ccc(OCc2ccc(Cl)cc2)cc1. The summed E-state index contributed by atoms with van der Waals surface area (Å²) >= 11 is 5.86. The summed E-state index contributed by atoms with van der Waals surface area (Å²) in [7, 11) is 0. The summed E-state index contributed by atoms with van der Waals surface area (Å²) in [6.45, 7) is 7.42. The molecule has 0 atom stereocenters. The minimum atomic E-state index is -1.20. The van der Waals surface area contributed by atoms with Gasteiger partial charge in [-0.05, 0) is 55.8 Å². The highest BCUT2D eigenvalue weighted by Gasteiger charge is 2.35. The van der Waals surface area contributed by atoms with E-state index in [4.69, 9.17) is 16.3 Å². The molecule has 2 aromatic carbocycles. The van der Waals surface area contributed by atoms with Gasteiger partial charge in [0.2, 0.25) is 11.8 Å². The molecule has 2 amide bonds. The molecular formula is C21H23ClN2O3. The Balaban J connectivity index is 1.92. The number of ether oxygens (including phenoxy) is 1. The topological polar surface area (TPSA) is 67.4 Å². The van der Waals surface area contributed by atoms with Gasteiger partial charge in [0.1, 0.15) is 17.8 Å². The average Bonchev–Trinajstić information content (AvgIpc) is 2.66. The fourth-order valence-corrected chi connectivity index (χ4v) is 2.28. The van der Waals surface area contributed by atoms with Gasteiger partial charge in [-0.15, -0.1) is 6.58 Å². The standard InChI is InChI=1S/C21H23ClN2O3/c1-4-13-23-19(25)21(2,3)20(26)24-17-9-11-18(12-10-17)27-14-15-5-7-16(22)8-6-15/h4-12H,1,13-14H2,2-3H3,(H,23,25)(H,24,26). The highest BCUT2D eigenvalue weighted by molar-refractivity contribution is 6.30. The third-order valence-corrected chi connectivity index (χ3v) is 4.23. The predicted octanol–water partition coefficient (Wildman–Crippen LogP) is 4.19. The van der Waals surface area contributed by atoms with Crippen LogP contribution in [0, 0.1) is 5.41 Å². The van der Waals surface area contributed by atoms with Crippen LogP contribution in [0.15, 0.2) is 61.2 Å². The lowest BCUT2D eigenvalue weighted by atomic mass is 9.91. The summed E-state index contributed by atoms with van der Waals surface area (Å²) in [6.07, 6.45) is 1.56. The van der Waals surface area contributed by atoms with Crippen molar-refractivity contribution in [3.8, 4) is 5.75 Å². The summed E-state index contributed by atoms with van der Waals surface area (Å²) in [5.41, 5.74) is 0.389. The predicted molar refractivity (Wildman–Crippen MR) is 108 cm³/mol. The van der Waals surface area contributed by atoms with Gasteiger partial charge in [0.15, 0.2) is 0 Å². The molecule has 0 aliphatic heterocycles. The number of amides is 2. The smallest absolute Gasteiger partial charge is 0.239 e. The maximum Gasteiger partial charge on any atom is 0.239 e. The molecule has 0 saturated heterocycles. The van der Waals surface area contributed by atoms with Gasteiger partial charge in [-0.3, -0.25) is 9.59 Å². The Hall–Kier alpha value is -2.79. The Morgan fingerprint density at radius 1 is 1.07 bits per heavy atom. The lowest BCUT2D eigenvalue weighted by Gasteiger charge is -2.22. The van der Waals surface area contributed by atoms with Crippen molar-refractivity contribution in [1.29, 1.82) is 0 Å². The fourth-order valence-electron chi connectivity index (χ4n) is 2.16. The van der Waals surface area contributed by atoms with Crippen LogP contribution < -0.4 is 15.4 Å². The lowest BCUT2D eigenvalue weighted by molar-refractivity contribution is -0.138. The lowest BCUT2D eigenvalue weighted by Crippen LogP contribution is -2.45. The third-order valence-electron chi connectivity index (χ3n) is 3.97. The summed E-state index contributed by atoms with van der Waals surface area (Å²) < 4.78 is 5.71. The number of rotatable bonds is 8. The quantitative estimate of drug-likeness (QED) is 0.528. The summed E-state index contributed by atoms with van der Waals surface area (Å²) in [5.74, 6) is -0.0763. The second-order valence-electron chi connectivity index (χ2n) is 6.52. The zero-order valence-electron chi connectivity index (χ0n) is 15.4. The van der Waals surface area contributed by atoms with Gasteiger partial charge in [0.25, 0.3) is 0 Å². The number of carbonyl (C=O) groups is 2. The van der Waals surface area contributed by atoms with E-state index in [-0.39, 0.29) is 11.8 Å². The van der Waals surface area contributed by atoms with E-state index >= 15 is 0 Å². The molecule has 0 aromatic heterocycles. The summed E-state index contributed by atoms with van der Waals surface area (Å²) in [4.78, 5) is 24.5. The van der Waals surface area contributed by atoms with E-state index in [1.807, 2.05) is 24.3 Å². The van der Waals surface area contributed by atoms with Crippen molar-refractivity contribution in [2.75, 3.05) is 11.9 Å². The number of hydrogen-bond acceptors (Lipinski definition) is 3. The first-order chi connectivity index (χ1) is 12.8. The van der Waals surface area contributed by atoms with Gasteiger partial charge in [-0.2, -0.15) is 0 Å². The zero-order chi connectivity index (χ0) is 19.9. The van der Waals surface area contributed by atoms with Crippen molar-refractivity contribution in [2.45, 2.75) is 20.5 Å². The van der Waals surface area contributed by atoms with E-state index in [2.05, 4.69) is 17.2 Å². The van der Waals surface area contributed by atoms with Gasteiger partial charge in [0.05, 0.1) is 0 Å². The molecule has 0 unspecified atom stereocenters. The monoisotopic (exact) mass is 386 g/mol. The minimum Gasteiger partial charge on any atom is -0.489 e. The first kappa shape index (κ1) is 20.5. The van der Waals surface area contributed by atoms with Crippen LogP contribution >= 0.6 is 11.6 Å². The van der Waals surface area contributed by atoms with Crippen molar-refractivity contribution < 1.29 is 14.3 Å². The molecule has 0 spiro atoms. The van der Waals surface area contributed by atoms with E-state index < -0.39 is 5.41 Å². The second kappa shape index (κ2) is 9.24. The Bertz CT molecular complexity index is 799. The van der Waals surface area contributed by atoms with Gasteiger partial charge in [-0.1, -0.05) is 29.8 Å². The maximum absolute atomic E-state index is 12.4. The maximum atomic E-state index is 12.4. The molecule has 0 fully saturated rings. The van der Waals surface area contributed by atoms with Crippen LogP contribution in [0.25, 0.3) is 0 Å². The molecule has 0 radical (unpaired) electrons. The molecule has 6 heteroatoms. The van der Waals surface area contributed by atoms with Crippen molar-refractivity contribution in [1.82, 2.24) is 5.32 Å². The van der Waals surface area contributed by atoms with E-state index in [0.29, 0.717) is 29.6 Å². The molecule has 2 N–H and O–H groups in total. The third kappa shape index (κ3) is 5.86. The van der Waals surface area contributed by atoms with Gasteiger partial charge >= 0.3 is 0 Å². The molecule has 5 nitrogen and oxygen atoms in total. The van der Waals surface area contributed by atoms with Crippen LogP contribution in [0.1, 0.15) is 19.4 Å². The molecule has 0 bridgehead atoms. The second-order valence-corrected chi connectivity index (χ2v) is 6.95. The zero-order valence-corrected chi connectivity index (χ0v) is 16.2. The van der Waals surface area contributed by atoms with Crippen LogP contribution in [-0.4, -0.2) is 18.4 Å². The van der Waals surface area contributed by atoms with Crippen molar-refractivity contribution in [3.63, 3.8) is 0 Å². The Labute approximate surface area is 164 Å². The summed E-state index contributed by atoms with van der Waals surface area (Å²) in [5, 5.41) is 6.07. The minimum absolute atomic E-state index is 0.315. The largest absolute Gasteiger partial charge is 0.489 e. The summed E-state index contributed by atoms with van der Waals surface area (Å²) in [6, 6.07) is 14.4. The fraction of sp³-hybridized carbons (Fsp3) is 0.238. The molecule has 142 valence electrons. The molecule has 0 saturated carbocycles. The van der Waals surface area contributed by atoms with E-state index in [0.717, 1.165) is 5.56 Å². The Morgan fingerprint density at radius 2 is 1.70 bits per heavy atom. The molecule has 0 aliphatic rings. The highest BCUT2D eigenvalue weighted by atomic mass is 35.5. The number of hydrogen-bond donors (Lipinski definition) is 2. The van der Waals surface area contributed by atoms with Crippen molar-refractivity contribution >= 4 is 29.1 Å². The van der Waals surface area contributed by atoms with Crippen molar-refractivity contribution in [3.05, 3.63) is 71.8 Å². The molecule has 2 rings (SSSR count). The van der Waals surface area contributed by atoms with E-state index in [1.165, 1.54) is 0 Å². The van der Waals surface area contributed by atoms with Crippen LogP contribution in [0.3, 0.4) is 0 Å². The molecule has 2 aromatic rings. The van der Waals surface area contributed by atoms with Gasteiger partial charge < -0.3 is 15.4 Å².